The molecule has 0 radical (unpaired) electrons. The van der Waals surface area contributed by atoms with E-state index in [9.17, 15) is 40.6 Å². The van der Waals surface area contributed by atoms with Gasteiger partial charge in [0, 0.05) is 45.0 Å². The lowest BCUT2D eigenvalue weighted by atomic mass is 9.62. The molecule has 1 aliphatic heterocycles. The van der Waals surface area contributed by atoms with Crippen LogP contribution in [0.5, 0.6) is 0 Å². The molecule has 2 aromatic carbocycles. The highest BCUT2D eigenvalue weighted by Gasteiger charge is 2.56. The van der Waals surface area contributed by atoms with E-state index in [2.05, 4.69) is 4.90 Å². The Morgan fingerprint density at radius 3 is 2.36 bits per heavy atom. The number of aliphatic carboxylic acids is 1. The average molecular weight is 803 g/mol. The summed E-state index contributed by atoms with van der Waals surface area (Å²) in [5.41, 5.74) is -0.673. The van der Waals surface area contributed by atoms with E-state index in [1.54, 1.807) is 37.3 Å². The van der Waals surface area contributed by atoms with E-state index >= 15 is 0 Å². The van der Waals surface area contributed by atoms with Gasteiger partial charge in [-0.25, -0.2) is 0 Å². The molecule has 56 heavy (non-hydrogen) atoms. The summed E-state index contributed by atoms with van der Waals surface area (Å²) in [5, 5.41) is 13.4. The second kappa shape index (κ2) is 13.8. The van der Waals surface area contributed by atoms with Crippen molar-refractivity contribution in [3.63, 3.8) is 0 Å². The molecule has 2 heterocycles. The lowest BCUT2D eigenvalue weighted by molar-refractivity contribution is -0.171. The predicted molar refractivity (Wildman–Crippen MR) is 213 cm³/mol. The van der Waals surface area contributed by atoms with Crippen molar-refractivity contribution in [1.29, 1.82) is 0 Å². The number of carboxylic acid groups (broad SMARTS) is 1. The minimum Gasteiger partial charge on any atom is -0.480 e. The Balaban J connectivity index is 1.34. The van der Waals surface area contributed by atoms with Crippen molar-refractivity contribution in [2.45, 2.75) is 77.4 Å². The second-order valence-electron chi connectivity index (χ2n) is 15.5. The molecule has 3 aromatic rings. The van der Waals surface area contributed by atoms with Crippen LogP contribution in [-0.2, 0) is 41.1 Å². The lowest BCUT2D eigenvalue weighted by Crippen LogP contribution is -2.46. The third-order valence-corrected chi connectivity index (χ3v) is 14.0. The third-order valence-electron chi connectivity index (χ3n) is 12.2. The molecule has 296 valence electrons. The summed E-state index contributed by atoms with van der Waals surface area (Å²) in [6, 6.07) is 7.82. The fourth-order valence-electron chi connectivity index (χ4n) is 9.86. The Labute approximate surface area is 326 Å². The van der Waals surface area contributed by atoms with Crippen LogP contribution < -0.4 is 5.35 Å². The van der Waals surface area contributed by atoms with E-state index in [1.165, 1.54) is 12.1 Å². The molecule has 0 bridgehead atoms. The minimum atomic E-state index is -4.50. The van der Waals surface area contributed by atoms with Crippen molar-refractivity contribution >= 4 is 59.9 Å². The van der Waals surface area contributed by atoms with Gasteiger partial charge in [0.05, 0.1) is 17.6 Å². The maximum Gasteiger partial charge on any atom is 0.323 e. The standard InChI is InChI=1S/C42H46N2O10S2/c1-6-43-31(27-11-9-12-28-34(55(48,49)50)18-17-33(43)37(27)28)21-22-40(4)23-26(24-42(25-40,38(45)46)39(47)54-8-3)15-16-32-29-13-10-14-30-35(56(51,52)53)19-20-36(41(29,30)5)44(32)7-2/h9-21,23,32,36H,6-8,22,24-25H2,1-5H3,(H,45,46)(H,48,49,50)(H,51,52,53). The summed E-state index contributed by atoms with van der Waals surface area (Å²) in [5.74, 6) is -2.10. The number of hydrogen-bond acceptors (Lipinski definition) is 8. The fraction of sp³-hybridized carbons (Fsp3) is 0.381. The summed E-state index contributed by atoms with van der Waals surface area (Å²) in [6.07, 6.45) is 16.8. The van der Waals surface area contributed by atoms with E-state index in [-0.39, 0.29) is 41.3 Å². The number of likely N-dealkylation sites (tertiary alicyclic amines) is 1. The SMILES string of the molecule is CCOC(=O)C1(C(=O)O)CC(C=CC2C3=CC=CC4=C(S(=O)(=O)O)C=CC(N2CC)C34C)=CC(C)(CC=c2c3cccc4c(S(=O)(=O)O)ccc(c43)n2CC)C1. The first-order valence-corrected chi connectivity index (χ1v) is 21.6. The van der Waals surface area contributed by atoms with Crippen molar-refractivity contribution in [3.8, 4) is 0 Å². The van der Waals surface area contributed by atoms with Crippen molar-refractivity contribution in [1.82, 2.24) is 9.47 Å². The van der Waals surface area contributed by atoms with Gasteiger partial charge in [0.2, 0.25) is 0 Å². The zero-order chi connectivity index (χ0) is 40.6. The molecule has 1 saturated heterocycles. The molecular formula is C42H46N2O10S2. The number of rotatable bonds is 11. The molecule has 3 aliphatic carbocycles. The summed E-state index contributed by atoms with van der Waals surface area (Å²) in [7, 11) is -8.99. The van der Waals surface area contributed by atoms with Crippen LogP contribution in [0.15, 0.2) is 105 Å². The minimum absolute atomic E-state index is 0.00683. The van der Waals surface area contributed by atoms with Gasteiger partial charge in [-0.3, -0.25) is 23.6 Å². The fourth-order valence-corrected chi connectivity index (χ4v) is 11.4. The average Bonchev–Trinajstić information content (AvgIpc) is 3.57. The lowest BCUT2D eigenvalue weighted by Gasteiger charge is -2.40. The Kier molecular flexibility index (Phi) is 9.77. The summed E-state index contributed by atoms with van der Waals surface area (Å²) < 4.78 is 77.0. The third kappa shape index (κ3) is 6.13. The normalized spacial score (nSPS) is 28.4. The highest BCUT2D eigenvalue weighted by molar-refractivity contribution is 7.90. The highest BCUT2D eigenvalue weighted by atomic mass is 32.2. The molecule has 12 nitrogen and oxygen atoms in total. The van der Waals surface area contributed by atoms with Crippen LogP contribution in [0.25, 0.3) is 27.8 Å². The monoisotopic (exact) mass is 802 g/mol. The largest absolute Gasteiger partial charge is 0.480 e. The van der Waals surface area contributed by atoms with Gasteiger partial charge in [-0.1, -0.05) is 80.7 Å². The first-order chi connectivity index (χ1) is 26.3. The van der Waals surface area contributed by atoms with E-state index in [1.807, 2.05) is 74.8 Å². The van der Waals surface area contributed by atoms with E-state index in [0.29, 0.717) is 41.4 Å². The molecule has 5 atom stereocenters. The number of allylic oxidation sites excluding steroid dienone is 7. The number of likely N-dealkylation sites (N-methyl/N-ethyl adjacent to an activating group) is 1. The van der Waals surface area contributed by atoms with Crippen LogP contribution in [0.4, 0.5) is 0 Å². The van der Waals surface area contributed by atoms with Crippen molar-refractivity contribution in [2.75, 3.05) is 13.2 Å². The molecule has 7 rings (SSSR count). The number of carboxylic acids is 1. The number of carbonyl (C=O) groups excluding carboxylic acids is 1. The Morgan fingerprint density at radius 1 is 0.982 bits per heavy atom. The number of aryl methyl sites for hydroxylation is 1. The maximum absolute atomic E-state index is 13.7. The van der Waals surface area contributed by atoms with Crippen LogP contribution in [-0.4, -0.2) is 77.7 Å². The summed E-state index contributed by atoms with van der Waals surface area (Å²) in [6.45, 7) is 10.7. The maximum atomic E-state index is 13.7. The number of aromatic nitrogens is 1. The molecule has 1 fully saturated rings. The van der Waals surface area contributed by atoms with Gasteiger partial charge in [0.1, 0.15) is 4.90 Å². The number of hydrogen-bond donors (Lipinski definition) is 3. The van der Waals surface area contributed by atoms with Crippen LogP contribution in [0.1, 0.15) is 53.9 Å². The number of benzene rings is 2. The van der Waals surface area contributed by atoms with Crippen LogP contribution in [0.2, 0.25) is 0 Å². The Hall–Kier alpha value is -4.60. The molecular weight excluding hydrogens is 757 g/mol. The van der Waals surface area contributed by atoms with Gasteiger partial charge in [0.25, 0.3) is 20.2 Å². The van der Waals surface area contributed by atoms with Gasteiger partial charge >= 0.3 is 11.9 Å². The quantitative estimate of drug-likeness (QED) is 0.115. The van der Waals surface area contributed by atoms with Crippen molar-refractivity contribution in [2.24, 2.45) is 16.2 Å². The number of nitrogens with zero attached hydrogens (tertiary/aromatic N) is 2. The van der Waals surface area contributed by atoms with Crippen LogP contribution >= 0.6 is 0 Å². The predicted octanol–water partition coefficient (Wildman–Crippen LogP) is 6.15. The van der Waals surface area contributed by atoms with E-state index in [0.717, 1.165) is 21.8 Å². The topological polar surface area (TPSA) is 181 Å². The van der Waals surface area contributed by atoms with Gasteiger partial charge in [-0.15, -0.1) is 0 Å². The molecule has 5 unspecified atom stereocenters. The van der Waals surface area contributed by atoms with Gasteiger partial charge in [0.15, 0.2) is 5.41 Å². The molecule has 1 aromatic heterocycles. The smallest absolute Gasteiger partial charge is 0.323 e. The van der Waals surface area contributed by atoms with Crippen LogP contribution in [0, 0.1) is 16.2 Å². The molecule has 4 aliphatic rings. The Morgan fingerprint density at radius 2 is 1.71 bits per heavy atom. The molecule has 0 saturated carbocycles. The van der Waals surface area contributed by atoms with E-state index in [4.69, 9.17) is 4.74 Å². The van der Waals surface area contributed by atoms with Gasteiger partial charge in [-0.05, 0) is 86.9 Å². The highest BCUT2D eigenvalue weighted by Crippen LogP contribution is 2.56. The molecule has 0 amide bonds. The van der Waals surface area contributed by atoms with Crippen molar-refractivity contribution in [3.05, 3.63) is 106 Å². The zero-order valence-electron chi connectivity index (χ0n) is 31.9. The first-order valence-electron chi connectivity index (χ1n) is 18.7. The number of ether oxygens (including phenoxy) is 1. The summed E-state index contributed by atoms with van der Waals surface area (Å²) >= 11 is 0. The van der Waals surface area contributed by atoms with Gasteiger partial charge < -0.3 is 14.4 Å². The van der Waals surface area contributed by atoms with Crippen LogP contribution in [0.3, 0.4) is 0 Å². The first kappa shape index (κ1) is 39.6. The molecule has 3 N–H and O–H groups in total. The number of carbonyl (C=O) groups is 2. The summed E-state index contributed by atoms with van der Waals surface area (Å²) in [4.78, 5) is 28.9. The van der Waals surface area contributed by atoms with Crippen molar-refractivity contribution < 1.29 is 45.4 Å². The Bertz CT molecular complexity index is 2660. The number of esters is 1. The zero-order valence-corrected chi connectivity index (χ0v) is 33.5. The molecule has 14 heteroatoms. The van der Waals surface area contributed by atoms with Gasteiger partial charge in [-0.2, -0.15) is 16.8 Å². The second-order valence-corrected chi connectivity index (χ2v) is 18.3. The van der Waals surface area contributed by atoms with E-state index < -0.39 is 48.4 Å². The molecule has 0 spiro atoms.